The van der Waals surface area contributed by atoms with Gasteiger partial charge in [0.15, 0.2) is 5.78 Å². The molecule has 3 fully saturated rings. The molecule has 3 nitrogen and oxygen atoms in total. The molecule has 144 valence electrons. The molecule has 1 N–H and O–H groups in total. The minimum absolute atomic E-state index is 0. The molecular formula is C22H31ClO3. The molecule has 0 aromatic heterocycles. The Morgan fingerprint density at radius 2 is 1.92 bits per heavy atom. The Labute approximate surface area is 162 Å². The van der Waals surface area contributed by atoms with Gasteiger partial charge in [-0.2, -0.15) is 0 Å². The molecule has 0 saturated heterocycles. The van der Waals surface area contributed by atoms with Crippen molar-refractivity contribution in [3.05, 3.63) is 23.8 Å². The number of carboxylic acids is 1. The molecule has 4 aliphatic rings. The summed E-state index contributed by atoms with van der Waals surface area (Å²) in [7, 11) is 0. The second-order valence-corrected chi connectivity index (χ2v) is 9.46. The number of aliphatic carboxylic acids is 1. The maximum Gasteiger partial charge on any atom is 0.306 e. The van der Waals surface area contributed by atoms with E-state index >= 15 is 0 Å². The Morgan fingerprint density at radius 1 is 1.19 bits per heavy atom. The third kappa shape index (κ3) is 2.61. The van der Waals surface area contributed by atoms with Gasteiger partial charge in [-0.15, -0.1) is 12.4 Å². The highest BCUT2D eigenvalue weighted by Crippen LogP contribution is 2.66. The summed E-state index contributed by atoms with van der Waals surface area (Å²) in [6.07, 6.45) is 12.6. The van der Waals surface area contributed by atoms with Crippen molar-refractivity contribution in [2.75, 3.05) is 0 Å². The van der Waals surface area contributed by atoms with Crippen molar-refractivity contribution in [3.8, 4) is 0 Å². The van der Waals surface area contributed by atoms with Crippen molar-refractivity contribution in [2.45, 2.75) is 59.3 Å². The van der Waals surface area contributed by atoms with Gasteiger partial charge in [0.2, 0.25) is 0 Å². The van der Waals surface area contributed by atoms with Crippen LogP contribution in [0.2, 0.25) is 0 Å². The number of carbonyl (C=O) groups is 2. The van der Waals surface area contributed by atoms with Crippen LogP contribution in [0.25, 0.3) is 0 Å². The zero-order chi connectivity index (χ0) is 18.0. The van der Waals surface area contributed by atoms with Crippen molar-refractivity contribution < 1.29 is 14.7 Å². The second-order valence-electron chi connectivity index (χ2n) is 9.46. The van der Waals surface area contributed by atoms with Gasteiger partial charge in [-0.1, -0.05) is 32.4 Å². The lowest BCUT2D eigenvalue weighted by Gasteiger charge is -2.57. The van der Waals surface area contributed by atoms with Gasteiger partial charge < -0.3 is 5.11 Å². The summed E-state index contributed by atoms with van der Waals surface area (Å²) >= 11 is 0. The van der Waals surface area contributed by atoms with Gasteiger partial charge in [-0.3, -0.25) is 9.59 Å². The third-order valence-electron chi connectivity index (χ3n) is 8.62. The fourth-order valence-electron chi connectivity index (χ4n) is 7.23. The number of hydrogen-bond donors (Lipinski definition) is 1. The monoisotopic (exact) mass is 378 g/mol. The number of ketones is 1. The number of rotatable bonds is 2. The van der Waals surface area contributed by atoms with E-state index < -0.39 is 5.97 Å². The maximum absolute atomic E-state index is 11.8. The van der Waals surface area contributed by atoms with E-state index in [1.165, 1.54) is 18.4 Å². The lowest BCUT2D eigenvalue weighted by atomic mass is 9.47. The fraction of sp³-hybridized carbons (Fsp3) is 0.727. The molecule has 0 radical (unpaired) electrons. The zero-order valence-corrected chi connectivity index (χ0v) is 16.8. The quantitative estimate of drug-likeness (QED) is 0.731. The number of carboxylic acid groups (broad SMARTS) is 1. The van der Waals surface area contributed by atoms with E-state index in [0.717, 1.165) is 25.7 Å². The molecule has 7 atom stereocenters. The van der Waals surface area contributed by atoms with Crippen molar-refractivity contribution in [2.24, 2.45) is 40.4 Å². The highest BCUT2D eigenvalue weighted by molar-refractivity contribution is 6.01. The van der Waals surface area contributed by atoms with Gasteiger partial charge in [0.25, 0.3) is 0 Å². The van der Waals surface area contributed by atoms with Gasteiger partial charge >= 0.3 is 5.97 Å². The SMILES string of the molecule is CC(C(=O)O)[C@H]1CC[C@H]2[C@@H]3CCC4=CC(=O)C=C[C@]4(C)[C@H]3CC[C@]12C.Cl. The van der Waals surface area contributed by atoms with Crippen LogP contribution in [0.1, 0.15) is 59.3 Å². The van der Waals surface area contributed by atoms with Crippen LogP contribution in [0, 0.1) is 40.4 Å². The van der Waals surface area contributed by atoms with Crippen LogP contribution >= 0.6 is 12.4 Å². The predicted molar refractivity (Wildman–Crippen MR) is 104 cm³/mol. The van der Waals surface area contributed by atoms with Crippen molar-refractivity contribution >= 4 is 24.2 Å². The second kappa shape index (κ2) is 6.51. The van der Waals surface area contributed by atoms with Gasteiger partial charge in [-0.25, -0.2) is 0 Å². The highest BCUT2D eigenvalue weighted by Gasteiger charge is 2.59. The lowest BCUT2D eigenvalue weighted by Crippen LogP contribution is -2.50. The first-order chi connectivity index (χ1) is 11.8. The lowest BCUT2D eigenvalue weighted by molar-refractivity contribution is -0.146. The minimum atomic E-state index is -0.636. The van der Waals surface area contributed by atoms with E-state index in [9.17, 15) is 14.7 Å². The van der Waals surface area contributed by atoms with E-state index in [-0.39, 0.29) is 34.9 Å². The number of carbonyl (C=O) groups excluding carboxylic acids is 1. The molecule has 0 heterocycles. The first-order valence-electron chi connectivity index (χ1n) is 9.94. The molecule has 4 rings (SSSR count). The van der Waals surface area contributed by atoms with E-state index in [1.807, 2.05) is 13.0 Å². The molecule has 1 unspecified atom stereocenters. The molecular weight excluding hydrogens is 348 g/mol. The molecule has 0 aromatic carbocycles. The smallest absolute Gasteiger partial charge is 0.306 e. The van der Waals surface area contributed by atoms with Crippen molar-refractivity contribution in [1.29, 1.82) is 0 Å². The Morgan fingerprint density at radius 3 is 2.62 bits per heavy atom. The number of fused-ring (bicyclic) bond motifs is 5. The van der Waals surface area contributed by atoms with Crippen LogP contribution in [0.4, 0.5) is 0 Å². The topological polar surface area (TPSA) is 54.4 Å². The van der Waals surface area contributed by atoms with E-state index in [4.69, 9.17) is 0 Å². The number of halogens is 1. The zero-order valence-electron chi connectivity index (χ0n) is 16.0. The van der Waals surface area contributed by atoms with Gasteiger partial charge in [0, 0.05) is 5.41 Å². The normalized spacial score (nSPS) is 44.9. The third-order valence-corrected chi connectivity index (χ3v) is 8.62. The van der Waals surface area contributed by atoms with Gasteiger partial charge in [-0.05, 0) is 79.8 Å². The summed E-state index contributed by atoms with van der Waals surface area (Å²) in [6, 6.07) is 0. The summed E-state index contributed by atoms with van der Waals surface area (Å²) < 4.78 is 0. The van der Waals surface area contributed by atoms with Crippen LogP contribution in [0.15, 0.2) is 23.8 Å². The summed E-state index contributed by atoms with van der Waals surface area (Å²) in [4.78, 5) is 23.4. The van der Waals surface area contributed by atoms with Crippen molar-refractivity contribution in [1.82, 2.24) is 0 Å². The average molecular weight is 379 g/mol. The minimum Gasteiger partial charge on any atom is -0.481 e. The van der Waals surface area contributed by atoms with Crippen molar-refractivity contribution in [3.63, 3.8) is 0 Å². The molecule has 0 bridgehead atoms. The first kappa shape index (κ1) is 19.7. The molecule has 4 aliphatic carbocycles. The first-order valence-corrected chi connectivity index (χ1v) is 9.94. The Balaban J connectivity index is 0.00000196. The van der Waals surface area contributed by atoms with Gasteiger partial charge in [0.1, 0.15) is 0 Å². The van der Waals surface area contributed by atoms with Gasteiger partial charge in [0.05, 0.1) is 5.92 Å². The number of hydrogen-bond acceptors (Lipinski definition) is 2. The summed E-state index contributed by atoms with van der Waals surface area (Å²) in [5.74, 6) is 1.49. The van der Waals surface area contributed by atoms with E-state index in [2.05, 4.69) is 19.9 Å². The van der Waals surface area contributed by atoms with E-state index in [0.29, 0.717) is 23.7 Å². The molecule has 26 heavy (non-hydrogen) atoms. The summed E-state index contributed by atoms with van der Waals surface area (Å²) in [5.41, 5.74) is 1.54. The molecule has 0 aromatic rings. The Hall–Kier alpha value is -1.09. The average Bonchev–Trinajstić information content (AvgIpc) is 2.92. The van der Waals surface area contributed by atoms with Crippen LogP contribution < -0.4 is 0 Å². The fourth-order valence-corrected chi connectivity index (χ4v) is 7.23. The molecule has 4 heteroatoms. The summed E-state index contributed by atoms with van der Waals surface area (Å²) in [6.45, 7) is 6.61. The summed E-state index contributed by atoms with van der Waals surface area (Å²) in [5, 5.41) is 9.55. The van der Waals surface area contributed by atoms with Crippen LogP contribution in [0.3, 0.4) is 0 Å². The van der Waals surface area contributed by atoms with Crippen LogP contribution in [-0.4, -0.2) is 16.9 Å². The standard InChI is InChI=1S/C22H30O3.ClH/c1-13(20(24)25)17-6-7-18-16-5-4-14-12-15(23)8-10-21(14,2)19(16)9-11-22(17,18)3;/h8,10,12-13,16-19H,4-7,9,11H2,1-3H3,(H,24,25);1H/t13?,16-,17+,18-,19-,21-,22+;/m0./s1. The largest absolute Gasteiger partial charge is 0.481 e. The maximum atomic E-state index is 11.8. The molecule has 0 amide bonds. The Kier molecular flexibility index (Phi) is 4.92. The highest BCUT2D eigenvalue weighted by atomic mass is 35.5. The predicted octanol–water partition coefficient (Wildman–Crippen LogP) is 5.05. The molecule has 3 saturated carbocycles. The molecule has 0 aliphatic heterocycles. The van der Waals surface area contributed by atoms with Crippen LogP contribution in [-0.2, 0) is 9.59 Å². The molecule has 0 spiro atoms. The number of allylic oxidation sites excluding steroid dienone is 4. The van der Waals surface area contributed by atoms with E-state index in [1.54, 1.807) is 6.08 Å². The van der Waals surface area contributed by atoms with Crippen LogP contribution in [0.5, 0.6) is 0 Å². The Bertz CT molecular complexity index is 681.